The summed E-state index contributed by atoms with van der Waals surface area (Å²) in [7, 11) is 3.14. The number of hydrazone groups is 2. The van der Waals surface area contributed by atoms with E-state index < -0.39 is 0 Å². The van der Waals surface area contributed by atoms with E-state index in [2.05, 4.69) is 21.1 Å². The summed E-state index contributed by atoms with van der Waals surface area (Å²) in [6.45, 7) is 4.88. The summed E-state index contributed by atoms with van der Waals surface area (Å²) in [6, 6.07) is 10.8. The average molecular weight is 513 g/mol. The van der Waals surface area contributed by atoms with Crippen LogP contribution in [0, 0.1) is 0 Å². The van der Waals surface area contributed by atoms with E-state index in [0.717, 1.165) is 17.5 Å². The van der Waals surface area contributed by atoms with Crippen LogP contribution in [-0.2, 0) is 9.59 Å². The molecule has 2 amide bonds. The molecular weight excluding hydrogens is 476 g/mol. The molecule has 0 fully saturated rings. The van der Waals surface area contributed by atoms with E-state index in [1.807, 2.05) is 26.0 Å². The number of hydrogen-bond acceptors (Lipinski definition) is 8. The Morgan fingerprint density at radius 3 is 1.51 bits per heavy atom. The van der Waals surface area contributed by atoms with E-state index in [9.17, 15) is 9.59 Å². The van der Waals surface area contributed by atoms with Crippen LogP contribution in [0.25, 0.3) is 0 Å². The zero-order chi connectivity index (χ0) is 26.9. The summed E-state index contributed by atoms with van der Waals surface area (Å²) in [5.74, 6) is 2.13. The molecule has 0 unspecified atom stereocenters. The molecule has 2 N–H and O–H groups in total. The Balaban J connectivity index is 1.63. The predicted octanol–water partition coefficient (Wildman–Crippen LogP) is 4.05. The first-order valence-corrected chi connectivity index (χ1v) is 12.3. The number of methoxy groups -OCH3 is 2. The van der Waals surface area contributed by atoms with Gasteiger partial charge in [0.15, 0.2) is 23.0 Å². The molecule has 0 aromatic heterocycles. The predicted molar refractivity (Wildman–Crippen MR) is 143 cm³/mol. The van der Waals surface area contributed by atoms with Crippen LogP contribution in [0.3, 0.4) is 0 Å². The van der Waals surface area contributed by atoms with Crippen molar-refractivity contribution in [3.05, 3.63) is 47.5 Å². The van der Waals surface area contributed by atoms with Crippen molar-refractivity contribution >= 4 is 24.2 Å². The van der Waals surface area contributed by atoms with Gasteiger partial charge >= 0.3 is 0 Å². The monoisotopic (exact) mass is 512 g/mol. The van der Waals surface area contributed by atoms with Gasteiger partial charge in [-0.3, -0.25) is 9.59 Å². The minimum absolute atomic E-state index is 0.186. The van der Waals surface area contributed by atoms with Crippen LogP contribution in [-0.4, -0.2) is 51.7 Å². The highest BCUT2D eigenvalue weighted by Gasteiger charge is 2.06. The van der Waals surface area contributed by atoms with Crippen molar-refractivity contribution < 1.29 is 28.5 Å². The fourth-order valence-corrected chi connectivity index (χ4v) is 3.30. The summed E-state index contributed by atoms with van der Waals surface area (Å²) >= 11 is 0. The first-order chi connectivity index (χ1) is 18.0. The Bertz CT molecular complexity index is 987. The van der Waals surface area contributed by atoms with Crippen molar-refractivity contribution in [2.45, 2.75) is 46.0 Å². The minimum Gasteiger partial charge on any atom is -0.493 e. The third-order valence-corrected chi connectivity index (χ3v) is 5.09. The van der Waals surface area contributed by atoms with Gasteiger partial charge < -0.3 is 18.9 Å². The van der Waals surface area contributed by atoms with Crippen LogP contribution in [0.4, 0.5) is 0 Å². The van der Waals surface area contributed by atoms with Gasteiger partial charge in [0.1, 0.15) is 0 Å². The summed E-state index contributed by atoms with van der Waals surface area (Å²) in [4.78, 5) is 24.0. The molecule has 0 saturated heterocycles. The Hall–Kier alpha value is -4.08. The molecule has 0 aliphatic heterocycles. The summed E-state index contributed by atoms with van der Waals surface area (Å²) in [6.07, 6.45) is 5.78. The fourth-order valence-electron chi connectivity index (χ4n) is 3.30. The molecule has 0 aliphatic carbocycles. The Morgan fingerprint density at radius 1 is 0.703 bits per heavy atom. The quantitative estimate of drug-likeness (QED) is 0.199. The van der Waals surface area contributed by atoms with Gasteiger partial charge in [0.2, 0.25) is 11.8 Å². The molecule has 2 aromatic rings. The molecule has 37 heavy (non-hydrogen) atoms. The highest BCUT2D eigenvalue weighted by molar-refractivity contribution is 5.84. The molecule has 0 atom stereocenters. The SMILES string of the molecule is CCOc1ccc(/C=N\NC(=O)CCCCCC(=O)N/N=C\c2ccc(OCC)c(OC)c2)cc1OC. The van der Waals surface area contributed by atoms with Crippen molar-refractivity contribution in [3.8, 4) is 23.0 Å². The van der Waals surface area contributed by atoms with Gasteiger partial charge in [-0.25, -0.2) is 10.9 Å². The molecule has 0 saturated carbocycles. The van der Waals surface area contributed by atoms with E-state index >= 15 is 0 Å². The minimum atomic E-state index is -0.186. The lowest BCUT2D eigenvalue weighted by molar-refractivity contribution is -0.121. The Labute approximate surface area is 218 Å². The highest BCUT2D eigenvalue weighted by Crippen LogP contribution is 2.28. The smallest absolute Gasteiger partial charge is 0.240 e. The Kier molecular flexibility index (Phi) is 13.1. The van der Waals surface area contributed by atoms with E-state index in [-0.39, 0.29) is 11.8 Å². The van der Waals surface area contributed by atoms with Crippen molar-refractivity contribution in [2.75, 3.05) is 27.4 Å². The number of unbranched alkanes of at least 4 members (excludes halogenated alkanes) is 2. The molecule has 0 aliphatic rings. The van der Waals surface area contributed by atoms with Gasteiger partial charge in [-0.15, -0.1) is 0 Å². The van der Waals surface area contributed by atoms with Gasteiger partial charge in [-0.05, 0) is 74.2 Å². The molecular formula is C27H36N4O6. The van der Waals surface area contributed by atoms with Gasteiger partial charge in [-0.1, -0.05) is 6.42 Å². The van der Waals surface area contributed by atoms with Crippen molar-refractivity contribution in [1.82, 2.24) is 10.9 Å². The van der Waals surface area contributed by atoms with Gasteiger partial charge in [0.25, 0.3) is 0 Å². The number of carbonyl (C=O) groups is 2. The van der Waals surface area contributed by atoms with Gasteiger partial charge in [0, 0.05) is 12.8 Å². The fraction of sp³-hybridized carbons (Fsp3) is 0.407. The largest absolute Gasteiger partial charge is 0.493 e. The molecule has 2 aromatic carbocycles. The van der Waals surface area contributed by atoms with E-state index in [1.54, 1.807) is 50.9 Å². The lowest BCUT2D eigenvalue weighted by Gasteiger charge is -2.09. The van der Waals surface area contributed by atoms with Crippen molar-refractivity contribution in [3.63, 3.8) is 0 Å². The van der Waals surface area contributed by atoms with E-state index in [4.69, 9.17) is 18.9 Å². The maximum atomic E-state index is 12.0. The standard InChI is InChI=1S/C27H36N4O6/c1-5-36-22-14-12-20(16-24(22)34-3)18-28-30-26(32)10-8-7-9-11-27(33)31-29-19-21-13-15-23(37-6-2)25(17-21)35-4/h12-19H,5-11H2,1-4H3,(H,30,32)(H,31,33)/b28-18-,29-19-. The number of amides is 2. The van der Waals surface area contributed by atoms with Crippen molar-refractivity contribution in [1.29, 1.82) is 0 Å². The highest BCUT2D eigenvalue weighted by atomic mass is 16.5. The second kappa shape index (κ2) is 16.6. The number of ether oxygens (including phenoxy) is 4. The number of benzene rings is 2. The molecule has 10 heteroatoms. The van der Waals surface area contributed by atoms with Gasteiger partial charge in [0.05, 0.1) is 39.9 Å². The molecule has 2 rings (SSSR count). The number of hydrogen-bond donors (Lipinski definition) is 2. The lowest BCUT2D eigenvalue weighted by Crippen LogP contribution is -2.18. The lowest BCUT2D eigenvalue weighted by atomic mass is 10.1. The molecule has 200 valence electrons. The number of nitrogens with zero attached hydrogens (tertiary/aromatic N) is 2. The zero-order valence-electron chi connectivity index (χ0n) is 21.9. The second-order valence-electron chi connectivity index (χ2n) is 7.83. The second-order valence-corrected chi connectivity index (χ2v) is 7.83. The summed E-state index contributed by atoms with van der Waals surface area (Å²) in [5, 5.41) is 7.97. The molecule has 10 nitrogen and oxygen atoms in total. The van der Waals surface area contributed by atoms with Crippen LogP contribution in [0.15, 0.2) is 46.6 Å². The number of rotatable bonds is 16. The maximum Gasteiger partial charge on any atom is 0.240 e. The van der Waals surface area contributed by atoms with Crippen LogP contribution in [0.1, 0.15) is 57.1 Å². The number of nitrogens with one attached hydrogen (secondary N) is 2. The maximum absolute atomic E-state index is 12.0. The van der Waals surface area contributed by atoms with Gasteiger partial charge in [-0.2, -0.15) is 10.2 Å². The third kappa shape index (κ3) is 10.6. The summed E-state index contributed by atoms with van der Waals surface area (Å²) in [5.41, 5.74) is 6.57. The third-order valence-electron chi connectivity index (χ3n) is 5.09. The van der Waals surface area contributed by atoms with E-state index in [1.165, 1.54) is 0 Å². The molecule has 0 spiro atoms. The average Bonchev–Trinajstić information content (AvgIpc) is 2.90. The number of carbonyl (C=O) groups excluding carboxylic acids is 2. The summed E-state index contributed by atoms with van der Waals surface area (Å²) < 4.78 is 21.6. The van der Waals surface area contributed by atoms with E-state index in [0.29, 0.717) is 61.9 Å². The van der Waals surface area contributed by atoms with Crippen LogP contribution in [0.2, 0.25) is 0 Å². The van der Waals surface area contributed by atoms with Crippen molar-refractivity contribution in [2.24, 2.45) is 10.2 Å². The molecule has 0 radical (unpaired) electrons. The van der Waals surface area contributed by atoms with Crippen LogP contribution in [0.5, 0.6) is 23.0 Å². The topological polar surface area (TPSA) is 120 Å². The van der Waals surface area contributed by atoms with Crippen LogP contribution < -0.4 is 29.8 Å². The normalized spacial score (nSPS) is 10.9. The molecule has 0 bridgehead atoms. The van der Waals surface area contributed by atoms with Crippen LogP contribution >= 0.6 is 0 Å². The first-order valence-electron chi connectivity index (χ1n) is 12.3. The first kappa shape index (κ1) is 29.2. The Morgan fingerprint density at radius 2 is 1.14 bits per heavy atom. The molecule has 0 heterocycles. The zero-order valence-corrected chi connectivity index (χ0v) is 21.9.